The molecule has 1 aliphatic rings. The molecule has 0 bridgehead atoms. The second kappa shape index (κ2) is 5.54. The molecule has 0 aliphatic heterocycles. The first-order valence-electron chi connectivity index (χ1n) is 7.38. The highest BCUT2D eigenvalue weighted by atomic mass is 16.5. The van der Waals surface area contributed by atoms with Crippen molar-refractivity contribution in [1.82, 2.24) is 0 Å². The molecule has 2 N–H and O–H groups in total. The van der Waals surface area contributed by atoms with Crippen LogP contribution in [0.5, 0.6) is 5.75 Å². The minimum absolute atomic E-state index is 0.0846. The third-order valence-electron chi connectivity index (χ3n) is 5.02. The fourth-order valence-electron chi connectivity index (χ4n) is 3.45. The predicted octanol–water partition coefficient (Wildman–Crippen LogP) is 3.70. The normalized spacial score (nSPS) is 31.2. The van der Waals surface area contributed by atoms with Crippen molar-refractivity contribution >= 4 is 0 Å². The number of methoxy groups -OCH3 is 1. The largest absolute Gasteiger partial charge is 0.496 e. The lowest BCUT2D eigenvalue weighted by Gasteiger charge is -2.43. The van der Waals surface area contributed by atoms with Gasteiger partial charge in [-0.25, -0.2) is 0 Å². The van der Waals surface area contributed by atoms with Gasteiger partial charge in [0.05, 0.1) is 7.11 Å². The molecule has 1 aromatic rings. The summed E-state index contributed by atoms with van der Waals surface area (Å²) in [6.45, 7) is 6.77. The Hall–Kier alpha value is -1.02. The van der Waals surface area contributed by atoms with Crippen LogP contribution in [0.4, 0.5) is 0 Å². The van der Waals surface area contributed by atoms with Crippen molar-refractivity contribution in [2.24, 2.45) is 17.6 Å². The number of benzene rings is 1. The van der Waals surface area contributed by atoms with Crippen LogP contribution >= 0.6 is 0 Å². The number of hydrogen-bond acceptors (Lipinski definition) is 2. The molecule has 1 fully saturated rings. The lowest BCUT2D eigenvalue weighted by molar-refractivity contribution is 0.142. The SMILES string of the molecule is COc1ccc(C)cc1CC1(N)CCCC(C)C1C. The van der Waals surface area contributed by atoms with Gasteiger partial charge in [0.1, 0.15) is 5.75 Å². The van der Waals surface area contributed by atoms with Gasteiger partial charge in [0.25, 0.3) is 0 Å². The average molecular weight is 261 g/mol. The monoisotopic (exact) mass is 261 g/mol. The number of aryl methyl sites for hydroxylation is 1. The van der Waals surface area contributed by atoms with Gasteiger partial charge >= 0.3 is 0 Å². The third-order valence-corrected chi connectivity index (χ3v) is 5.02. The van der Waals surface area contributed by atoms with Crippen molar-refractivity contribution in [2.75, 3.05) is 7.11 Å². The molecule has 106 valence electrons. The number of rotatable bonds is 3. The summed E-state index contributed by atoms with van der Waals surface area (Å²) < 4.78 is 5.49. The summed E-state index contributed by atoms with van der Waals surface area (Å²) in [5.74, 6) is 2.25. The van der Waals surface area contributed by atoms with Gasteiger partial charge < -0.3 is 10.5 Å². The maximum Gasteiger partial charge on any atom is 0.122 e. The molecule has 0 radical (unpaired) electrons. The summed E-state index contributed by atoms with van der Waals surface area (Å²) in [7, 11) is 1.74. The molecule has 0 amide bonds. The van der Waals surface area contributed by atoms with E-state index in [0.717, 1.165) is 24.5 Å². The molecule has 0 heterocycles. The van der Waals surface area contributed by atoms with E-state index in [2.05, 4.69) is 39.0 Å². The van der Waals surface area contributed by atoms with Gasteiger partial charge in [-0.1, -0.05) is 44.4 Å². The molecule has 1 saturated carbocycles. The molecule has 2 rings (SSSR count). The Labute approximate surface area is 117 Å². The molecular weight excluding hydrogens is 234 g/mol. The van der Waals surface area contributed by atoms with E-state index in [0.29, 0.717) is 5.92 Å². The van der Waals surface area contributed by atoms with E-state index in [-0.39, 0.29) is 5.54 Å². The molecule has 1 aromatic carbocycles. The molecule has 0 spiro atoms. The van der Waals surface area contributed by atoms with E-state index in [1.807, 2.05) is 0 Å². The Bertz CT molecular complexity index is 443. The van der Waals surface area contributed by atoms with Crippen molar-refractivity contribution in [3.05, 3.63) is 29.3 Å². The summed E-state index contributed by atoms with van der Waals surface area (Å²) in [4.78, 5) is 0. The molecule has 3 unspecified atom stereocenters. The van der Waals surface area contributed by atoms with Crippen LogP contribution in [0.15, 0.2) is 18.2 Å². The zero-order valence-electron chi connectivity index (χ0n) is 12.7. The minimum Gasteiger partial charge on any atom is -0.496 e. The maximum atomic E-state index is 6.74. The predicted molar refractivity (Wildman–Crippen MR) is 80.5 cm³/mol. The molecule has 0 saturated heterocycles. The van der Waals surface area contributed by atoms with Crippen molar-refractivity contribution in [2.45, 2.75) is 52.0 Å². The first kappa shape index (κ1) is 14.4. The van der Waals surface area contributed by atoms with E-state index in [9.17, 15) is 0 Å². The Morgan fingerprint density at radius 2 is 2.11 bits per heavy atom. The number of nitrogens with two attached hydrogens (primary N) is 1. The highest BCUT2D eigenvalue weighted by Gasteiger charge is 2.38. The van der Waals surface area contributed by atoms with Crippen LogP contribution < -0.4 is 10.5 Å². The summed E-state index contributed by atoms with van der Waals surface area (Å²) in [5.41, 5.74) is 9.19. The Morgan fingerprint density at radius 3 is 2.79 bits per heavy atom. The molecular formula is C17H27NO. The van der Waals surface area contributed by atoms with Crippen LogP contribution in [-0.2, 0) is 6.42 Å². The topological polar surface area (TPSA) is 35.2 Å². The summed E-state index contributed by atoms with van der Waals surface area (Å²) in [5, 5.41) is 0. The van der Waals surface area contributed by atoms with Crippen molar-refractivity contribution in [1.29, 1.82) is 0 Å². The summed E-state index contributed by atoms with van der Waals surface area (Å²) in [6.07, 6.45) is 4.60. The zero-order valence-corrected chi connectivity index (χ0v) is 12.7. The second-order valence-corrected chi connectivity index (χ2v) is 6.38. The smallest absolute Gasteiger partial charge is 0.122 e. The van der Waals surface area contributed by atoms with Crippen molar-refractivity contribution < 1.29 is 4.74 Å². The van der Waals surface area contributed by atoms with Gasteiger partial charge in [-0.15, -0.1) is 0 Å². The standard InChI is InChI=1S/C17H27NO/c1-12-7-8-16(19-4)15(10-12)11-17(18)9-5-6-13(2)14(17)3/h7-8,10,13-14H,5-6,9,11,18H2,1-4H3. The Kier molecular flexibility index (Phi) is 4.19. The van der Waals surface area contributed by atoms with E-state index in [1.165, 1.54) is 24.0 Å². The Balaban J connectivity index is 2.26. The average Bonchev–Trinajstić information content (AvgIpc) is 2.36. The Morgan fingerprint density at radius 1 is 1.37 bits per heavy atom. The highest BCUT2D eigenvalue weighted by molar-refractivity contribution is 5.38. The first-order chi connectivity index (χ1) is 8.96. The molecule has 1 aliphatic carbocycles. The first-order valence-corrected chi connectivity index (χ1v) is 7.38. The van der Waals surface area contributed by atoms with Crippen molar-refractivity contribution in [3.8, 4) is 5.75 Å². The van der Waals surface area contributed by atoms with Gasteiger partial charge in [0.15, 0.2) is 0 Å². The quantitative estimate of drug-likeness (QED) is 0.900. The molecule has 2 nitrogen and oxygen atoms in total. The van der Waals surface area contributed by atoms with Gasteiger partial charge in [-0.3, -0.25) is 0 Å². The van der Waals surface area contributed by atoms with E-state index < -0.39 is 0 Å². The summed E-state index contributed by atoms with van der Waals surface area (Å²) in [6, 6.07) is 6.38. The van der Waals surface area contributed by atoms with Crippen LogP contribution in [-0.4, -0.2) is 12.6 Å². The van der Waals surface area contributed by atoms with Gasteiger partial charge in [0, 0.05) is 5.54 Å². The molecule has 19 heavy (non-hydrogen) atoms. The zero-order chi connectivity index (χ0) is 14.0. The molecule has 3 atom stereocenters. The maximum absolute atomic E-state index is 6.74. The molecule has 2 heteroatoms. The summed E-state index contributed by atoms with van der Waals surface area (Å²) >= 11 is 0. The van der Waals surface area contributed by atoms with Gasteiger partial charge in [-0.05, 0) is 43.2 Å². The third kappa shape index (κ3) is 2.94. The van der Waals surface area contributed by atoms with Gasteiger partial charge in [0.2, 0.25) is 0 Å². The van der Waals surface area contributed by atoms with Gasteiger partial charge in [-0.2, -0.15) is 0 Å². The fourth-order valence-corrected chi connectivity index (χ4v) is 3.45. The second-order valence-electron chi connectivity index (χ2n) is 6.38. The molecule has 0 aromatic heterocycles. The van der Waals surface area contributed by atoms with Crippen molar-refractivity contribution in [3.63, 3.8) is 0 Å². The lowest BCUT2D eigenvalue weighted by Crippen LogP contribution is -2.52. The van der Waals surface area contributed by atoms with Crippen LogP contribution in [0, 0.1) is 18.8 Å². The van der Waals surface area contributed by atoms with Crippen LogP contribution in [0.3, 0.4) is 0 Å². The van der Waals surface area contributed by atoms with Crippen LogP contribution in [0.1, 0.15) is 44.2 Å². The lowest BCUT2D eigenvalue weighted by atomic mass is 9.66. The van der Waals surface area contributed by atoms with Crippen LogP contribution in [0.25, 0.3) is 0 Å². The fraction of sp³-hybridized carbons (Fsp3) is 0.647. The highest BCUT2D eigenvalue weighted by Crippen LogP contribution is 2.39. The van der Waals surface area contributed by atoms with Crippen LogP contribution in [0.2, 0.25) is 0 Å². The van der Waals surface area contributed by atoms with E-state index in [1.54, 1.807) is 7.11 Å². The van der Waals surface area contributed by atoms with E-state index >= 15 is 0 Å². The van der Waals surface area contributed by atoms with E-state index in [4.69, 9.17) is 10.5 Å². The number of hydrogen-bond donors (Lipinski definition) is 1. The minimum atomic E-state index is -0.0846. The number of ether oxygens (including phenoxy) is 1.